The van der Waals surface area contributed by atoms with Crippen molar-refractivity contribution in [2.75, 3.05) is 12.9 Å². The lowest BCUT2D eigenvalue weighted by Gasteiger charge is -2.23. The van der Waals surface area contributed by atoms with Crippen molar-refractivity contribution in [3.8, 4) is 5.75 Å². The molecule has 2 N–H and O–H groups in total. The van der Waals surface area contributed by atoms with Crippen LogP contribution in [0.3, 0.4) is 0 Å². The summed E-state index contributed by atoms with van der Waals surface area (Å²) in [4.78, 5) is 0. The Morgan fingerprint density at radius 3 is 2.35 bits per heavy atom. The predicted octanol–water partition coefficient (Wildman–Crippen LogP) is 2.44. The Hall–Kier alpha value is -1.07. The molecule has 0 heterocycles. The summed E-state index contributed by atoms with van der Waals surface area (Å²) >= 11 is 0. The van der Waals surface area contributed by atoms with Crippen LogP contribution >= 0.6 is 0 Å². The minimum Gasteiger partial charge on any atom is -0.497 e. The fraction of sp³-hybridized carbons (Fsp3) is 0.600. The van der Waals surface area contributed by atoms with Gasteiger partial charge in [0.25, 0.3) is 0 Å². The van der Waals surface area contributed by atoms with Crippen molar-refractivity contribution in [3.05, 3.63) is 29.8 Å². The summed E-state index contributed by atoms with van der Waals surface area (Å²) in [5, 5.41) is -0.194. The molecule has 1 aliphatic rings. The Bertz CT molecular complexity index is 519. The van der Waals surface area contributed by atoms with Gasteiger partial charge in [-0.3, -0.25) is 0 Å². The van der Waals surface area contributed by atoms with Crippen molar-refractivity contribution in [2.45, 2.75) is 43.4 Å². The molecule has 0 aliphatic heterocycles. The van der Waals surface area contributed by atoms with Gasteiger partial charge in [-0.1, -0.05) is 31.4 Å². The first kappa shape index (κ1) is 15.3. The van der Waals surface area contributed by atoms with E-state index in [-0.39, 0.29) is 11.0 Å². The fourth-order valence-corrected chi connectivity index (χ4v) is 4.77. The van der Waals surface area contributed by atoms with E-state index >= 15 is 0 Å². The first-order valence-corrected chi connectivity index (χ1v) is 8.85. The molecule has 1 aliphatic carbocycles. The Labute approximate surface area is 121 Å². The zero-order chi connectivity index (χ0) is 14.6. The maximum atomic E-state index is 12.4. The average molecular weight is 297 g/mol. The van der Waals surface area contributed by atoms with Gasteiger partial charge in [-0.05, 0) is 30.5 Å². The van der Waals surface area contributed by atoms with Gasteiger partial charge in [0.1, 0.15) is 5.75 Å². The largest absolute Gasteiger partial charge is 0.497 e. The summed E-state index contributed by atoms with van der Waals surface area (Å²) in [6, 6.07) is 6.82. The van der Waals surface area contributed by atoms with Gasteiger partial charge in [0.2, 0.25) is 0 Å². The molecule has 1 fully saturated rings. The van der Waals surface area contributed by atoms with E-state index in [2.05, 4.69) is 0 Å². The van der Waals surface area contributed by atoms with Crippen LogP contribution < -0.4 is 10.5 Å². The Morgan fingerprint density at radius 2 is 1.80 bits per heavy atom. The Balaban J connectivity index is 2.03. The van der Waals surface area contributed by atoms with Gasteiger partial charge >= 0.3 is 0 Å². The maximum Gasteiger partial charge on any atom is 0.155 e. The highest BCUT2D eigenvalue weighted by Gasteiger charge is 2.29. The smallest absolute Gasteiger partial charge is 0.155 e. The average Bonchev–Trinajstić information content (AvgIpc) is 2.48. The third-order valence-electron chi connectivity index (χ3n) is 4.02. The molecule has 112 valence electrons. The monoisotopic (exact) mass is 297 g/mol. The first-order valence-electron chi connectivity index (χ1n) is 7.14. The summed E-state index contributed by atoms with van der Waals surface area (Å²) < 4.78 is 29.9. The number of rotatable bonds is 5. The molecule has 5 heteroatoms. The standard InChI is InChI=1S/C15H23NO3S/c1-19-13-9-7-12(8-10-13)15(16)11-20(17,18)14-5-3-2-4-6-14/h7-10,14-15H,2-6,11,16H2,1H3. The van der Waals surface area contributed by atoms with Crippen molar-refractivity contribution in [2.24, 2.45) is 5.73 Å². The van der Waals surface area contributed by atoms with Gasteiger partial charge in [0, 0.05) is 6.04 Å². The molecule has 0 saturated heterocycles. The second kappa shape index (κ2) is 6.59. The Morgan fingerprint density at radius 1 is 1.20 bits per heavy atom. The Kier molecular flexibility index (Phi) is 5.05. The van der Waals surface area contributed by atoms with Crippen molar-refractivity contribution in [3.63, 3.8) is 0 Å². The zero-order valence-corrected chi connectivity index (χ0v) is 12.7. The lowest BCUT2D eigenvalue weighted by atomic mass is 10.0. The van der Waals surface area contributed by atoms with Crippen LogP contribution in [-0.4, -0.2) is 26.5 Å². The van der Waals surface area contributed by atoms with Gasteiger partial charge in [0.05, 0.1) is 18.1 Å². The van der Waals surface area contributed by atoms with E-state index in [9.17, 15) is 8.42 Å². The number of nitrogens with two attached hydrogens (primary N) is 1. The molecule has 1 saturated carbocycles. The molecule has 1 aromatic rings. The van der Waals surface area contributed by atoms with Gasteiger partial charge < -0.3 is 10.5 Å². The lowest BCUT2D eigenvalue weighted by Crippen LogP contribution is -2.31. The third kappa shape index (κ3) is 3.73. The molecule has 0 radical (unpaired) electrons. The van der Waals surface area contributed by atoms with Crippen LogP contribution in [0.2, 0.25) is 0 Å². The van der Waals surface area contributed by atoms with Gasteiger partial charge in [-0.15, -0.1) is 0 Å². The van der Waals surface area contributed by atoms with E-state index in [1.54, 1.807) is 7.11 Å². The van der Waals surface area contributed by atoms with E-state index in [4.69, 9.17) is 10.5 Å². The fourth-order valence-electron chi connectivity index (χ4n) is 2.76. The number of sulfone groups is 1. The highest BCUT2D eigenvalue weighted by molar-refractivity contribution is 7.92. The van der Waals surface area contributed by atoms with Crippen LogP contribution in [0.25, 0.3) is 0 Å². The molecule has 0 spiro atoms. The molecule has 1 atom stereocenters. The summed E-state index contributed by atoms with van der Waals surface area (Å²) in [5.74, 6) is 0.778. The number of benzene rings is 1. The quantitative estimate of drug-likeness (QED) is 0.906. The van der Waals surface area contributed by atoms with Crippen LogP contribution in [0, 0.1) is 0 Å². The van der Waals surface area contributed by atoms with Gasteiger partial charge in [-0.2, -0.15) is 0 Å². The van der Waals surface area contributed by atoms with E-state index in [1.807, 2.05) is 24.3 Å². The van der Waals surface area contributed by atoms with Crippen LogP contribution in [0.15, 0.2) is 24.3 Å². The maximum absolute atomic E-state index is 12.4. The molecule has 20 heavy (non-hydrogen) atoms. The molecular formula is C15H23NO3S. The van der Waals surface area contributed by atoms with Crippen LogP contribution in [0.4, 0.5) is 0 Å². The number of methoxy groups -OCH3 is 1. The van der Waals surface area contributed by atoms with Crippen LogP contribution in [0.5, 0.6) is 5.75 Å². The molecule has 0 amide bonds. The van der Waals surface area contributed by atoms with Crippen LogP contribution in [0.1, 0.15) is 43.7 Å². The highest BCUT2D eigenvalue weighted by atomic mass is 32.2. The summed E-state index contributed by atoms with van der Waals surface area (Å²) in [6.07, 6.45) is 4.76. The second-order valence-corrected chi connectivity index (χ2v) is 7.79. The summed E-state index contributed by atoms with van der Waals surface area (Å²) in [7, 11) is -1.50. The van der Waals surface area contributed by atoms with Crippen molar-refractivity contribution < 1.29 is 13.2 Å². The topological polar surface area (TPSA) is 69.4 Å². The number of hydrogen-bond acceptors (Lipinski definition) is 4. The minimum atomic E-state index is -3.10. The van der Waals surface area contributed by atoms with Crippen molar-refractivity contribution >= 4 is 9.84 Å². The van der Waals surface area contributed by atoms with E-state index < -0.39 is 15.9 Å². The van der Waals surface area contributed by atoms with E-state index in [0.717, 1.165) is 43.4 Å². The first-order chi connectivity index (χ1) is 9.53. The molecule has 0 bridgehead atoms. The second-order valence-electron chi connectivity index (χ2n) is 5.47. The molecule has 1 aromatic carbocycles. The minimum absolute atomic E-state index is 0.0317. The van der Waals surface area contributed by atoms with E-state index in [1.165, 1.54) is 0 Å². The molecular weight excluding hydrogens is 274 g/mol. The van der Waals surface area contributed by atoms with E-state index in [0.29, 0.717) is 0 Å². The third-order valence-corrected chi connectivity index (χ3v) is 6.33. The molecule has 1 unspecified atom stereocenters. The zero-order valence-electron chi connectivity index (χ0n) is 11.9. The number of ether oxygens (including phenoxy) is 1. The SMILES string of the molecule is COc1ccc(C(N)CS(=O)(=O)C2CCCCC2)cc1. The summed E-state index contributed by atoms with van der Waals surface area (Å²) in [5.41, 5.74) is 6.90. The highest BCUT2D eigenvalue weighted by Crippen LogP contribution is 2.26. The molecule has 4 nitrogen and oxygen atoms in total. The molecule has 0 aromatic heterocycles. The van der Waals surface area contributed by atoms with Crippen molar-refractivity contribution in [1.82, 2.24) is 0 Å². The molecule has 2 rings (SSSR count). The van der Waals surface area contributed by atoms with Crippen LogP contribution in [-0.2, 0) is 9.84 Å². The number of hydrogen-bond donors (Lipinski definition) is 1. The van der Waals surface area contributed by atoms with Crippen molar-refractivity contribution in [1.29, 1.82) is 0 Å². The normalized spacial score (nSPS) is 18.7. The van der Waals surface area contributed by atoms with Gasteiger partial charge in [0.15, 0.2) is 9.84 Å². The lowest BCUT2D eigenvalue weighted by molar-refractivity contribution is 0.414. The summed E-state index contributed by atoms with van der Waals surface area (Å²) in [6.45, 7) is 0. The van der Waals surface area contributed by atoms with Gasteiger partial charge in [-0.25, -0.2) is 8.42 Å². The predicted molar refractivity (Wildman–Crippen MR) is 80.6 cm³/mol.